The number of amides is 2. The number of carbonyl (C=O) groups excluding carboxylic acids is 2. The van der Waals surface area contributed by atoms with Crippen LogP contribution in [0.5, 0.6) is 0 Å². The number of aliphatic carboxylic acids is 1. The van der Waals surface area contributed by atoms with Crippen molar-refractivity contribution in [1.82, 2.24) is 10.2 Å². The largest absolute Gasteiger partial charge is 0.480 e. The highest BCUT2D eigenvalue weighted by atomic mass is 16.5. The Hall–Kier alpha value is -3.35. The Morgan fingerprint density at radius 3 is 2.15 bits per heavy atom. The van der Waals surface area contributed by atoms with Crippen molar-refractivity contribution in [2.24, 2.45) is 5.92 Å². The van der Waals surface area contributed by atoms with E-state index in [1.165, 1.54) is 16.0 Å². The normalized spacial score (nSPS) is 21.3. The number of hydrogen-bond acceptors (Lipinski definition) is 4. The van der Waals surface area contributed by atoms with E-state index in [1.807, 2.05) is 24.3 Å². The van der Waals surface area contributed by atoms with Gasteiger partial charge < -0.3 is 20.1 Å². The Labute approximate surface area is 199 Å². The SMILES string of the molecule is O=C(O)CN(C(=O)C1CCCCC1NC(=O)OCC1c2ccccc2-c2ccccc21)C1CC1. The topological polar surface area (TPSA) is 95.9 Å². The van der Waals surface area contributed by atoms with Crippen LogP contribution >= 0.6 is 0 Å². The van der Waals surface area contributed by atoms with Crippen molar-refractivity contribution in [2.75, 3.05) is 13.2 Å². The molecule has 0 bridgehead atoms. The van der Waals surface area contributed by atoms with Crippen molar-refractivity contribution in [2.45, 2.75) is 56.5 Å². The standard InChI is InChI=1S/C27H30N2O5/c30-25(31)15-29(17-13-14-17)26(32)22-11-5-6-12-24(22)28-27(33)34-16-23-20-9-3-1-7-18(20)19-8-2-4-10-21(19)23/h1-4,7-10,17,22-24H,5-6,11-16H2,(H,28,33)(H,30,31). The Balaban J connectivity index is 1.24. The van der Waals surface area contributed by atoms with E-state index < -0.39 is 18.0 Å². The van der Waals surface area contributed by atoms with E-state index in [9.17, 15) is 19.5 Å². The van der Waals surface area contributed by atoms with Gasteiger partial charge >= 0.3 is 12.1 Å². The fourth-order valence-corrected chi connectivity index (χ4v) is 5.52. The van der Waals surface area contributed by atoms with Gasteiger partial charge in [0.05, 0.1) is 5.92 Å². The molecule has 2 N–H and O–H groups in total. The molecule has 0 radical (unpaired) electrons. The molecule has 7 nitrogen and oxygen atoms in total. The third kappa shape index (κ3) is 4.52. The lowest BCUT2D eigenvalue weighted by atomic mass is 9.83. The van der Waals surface area contributed by atoms with Gasteiger partial charge in [0.15, 0.2) is 0 Å². The zero-order valence-corrected chi connectivity index (χ0v) is 19.1. The van der Waals surface area contributed by atoms with Crippen LogP contribution in [0.3, 0.4) is 0 Å². The number of fused-ring (bicyclic) bond motifs is 3. The molecule has 0 spiro atoms. The molecule has 2 aromatic carbocycles. The first-order valence-electron chi connectivity index (χ1n) is 12.2. The maximum Gasteiger partial charge on any atom is 0.407 e. The number of carboxylic acids is 1. The molecule has 2 aromatic rings. The Bertz CT molecular complexity index is 1050. The van der Waals surface area contributed by atoms with Crippen LogP contribution < -0.4 is 5.32 Å². The van der Waals surface area contributed by atoms with E-state index in [-0.39, 0.29) is 37.1 Å². The Kier molecular flexibility index (Phi) is 6.26. The van der Waals surface area contributed by atoms with Gasteiger partial charge in [-0.2, -0.15) is 0 Å². The number of rotatable bonds is 7. The highest BCUT2D eigenvalue weighted by molar-refractivity contribution is 5.85. The van der Waals surface area contributed by atoms with Crippen LogP contribution in [0, 0.1) is 5.92 Å². The van der Waals surface area contributed by atoms with Crippen molar-refractivity contribution in [3.05, 3.63) is 59.7 Å². The molecule has 2 unspecified atom stereocenters. The fourth-order valence-electron chi connectivity index (χ4n) is 5.52. The molecule has 3 aliphatic rings. The zero-order chi connectivity index (χ0) is 23.7. The summed E-state index contributed by atoms with van der Waals surface area (Å²) >= 11 is 0. The predicted molar refractivity (Wildman–Crippen MR) is 126 cm³/mol. The monoisotopic (exact) mass is 462 g/mol. The molecule has 2 atom stereocenters. The van der Waals surface area contributed by atoms with Crippen LogP contribution in [0.25, 0.3) is 11.1 Å². The van der Waals surface area contributed by atoms with Crippen LogP contribution in [-0.4, -0.2) is 53.2 Å². The van der Waals surface area contributed by atoms with Gasteiger partial charge in [0.25, 0.3) is 0 Å². The van der Waals surface area contributed by atoms with Crippen LogP contribution in [0.2, 0.25) is 0 Å². The molecule has 2 amide bonds. The third-order valence-corrected chi connectivity index (χ3v) is 7.31. The minimum atomic E-state index is -1.00. The lowest BCUT2D eigenvalue weighted by Crippen LogP contribution is -2.51. The number of benzene rings is 2. The van der Waals surface area contributed by atoms with Gasteiger partial charge in [0, 0.05) is 18.0 Å². The summed E-state index contributed by atoms with van der Waals surface area (Å²) in [5, 5.41) is 12.2. The summed E-state index contributed by atoms with van der Waals surface area (Å²) in [6.07, 6.45) is 4.31. The van der Waals surface area contributed by atoms with Gasteiger partial charge in [0.2, 0.25) is 5.91 Å². The summed E-state index contributed by atoms with van der Waals surface area (Å²) in [6.45, 7) is -0.0595. The number of nitrogens with zero attached hydrogens (tertiary/aromatic N) is 1. The maximum absolute atomic E-state index is 13.2. The number of carboxylic acid groups (broad SMARTS) is 1. The van der Waals surface area contributed by atoms with E-state index >= 15 is 0 Å². The molecule has 0 aromatic heterocycles. The van der Waals surface area contributed by atoms with E-state index in [0.717, 1.165) is 36.8 Å². The molecule has 2 fully saturated rings. The van der Waals surface area contributed by atoms with Crippen molar-refractivity contribution in [3.8, 4) is 11.1 Å². The smallest absolute Gasteiger partial charge is 0.407 e. The lowest BCUT2D eigenvalue weighted by Gasteiger charge is -2.34. The van der Waals surface area contributed by atoms with Crippen molar-refractivity contribution < 1.29 is 24.2 Å². The molecular formula is C27H30N2O5. The quantitative estimate of drug-likeness (QED) is 0.644. The summed E-state index contributed by atoms with van der Waals surface area (Å²) in [7, 11) is 0. The second-order valence-corrected chi connectivity index (χ2v) is 9.56. The fraction of sp³-hybridized carbons (Fsp3) is 0.444. The van der Waals surface area contributed by atoms with Gasteiger partial charge in [-0.25, -0.2) is 4.79 Å². The van der Waals surface area contributed by atoms with E-state index in [2.05, 4.69) is 29.6 Å². The molecule has 0 heterocycles. The van der Waals surface area contributed by atoms with Crippen molar-refractivity contribution >= 4 is 18.0 Å². The average molecular weight is 463 g/mol. The molecule has 5 rings (SSSR count). The molecule has 7 heteroatoms. The zero-order valence-electron chi connectivity index (χ0n) is 19.1. The second-order valence-electron chi connectivity index (χ2n) is 9.56. The van der Waals surface area contributed by atoms with Crippen molar-refractivity contribution in [3.63, 3.8) is 0 Å². The predicted octanol–water partition coefficient (Wildman–Crippen LogP) is 4.16. The second kappa shape index (κ2) is 9.49. The molecule has 34 heavy (non-hydrogen) atoms. The van der Waals surface area contributed by atoms with Gasteiger partial charge in [-0.1, -0.05) is 61.4 Å². The van der Waals surface area contributed by atoms with Gasteiger partial charge in [0.1, 0.15) is 13.2 Å². The number of carbonyl (C=O) groups is 3. The number of ether oxygens (including phenoxy) is 1. The number of hydrogen-bond donors (Lipinski definition) is 2. The molecule has 2 saturated carbocycles. The van der Waals surface area contributed by atoms with Crippen LogP contribution in [-0.2, 0) is 14.3 Å². The van der Waals surface area contributed by atoms with E-state index in [1.54, 1.807) is 0 Å². The lowest BCUT2D eigenvalue weighted by molar-refractivity contribution is -0.147. The Morgan fingerprint density at radius 2 is 1.53 bits per heavy atom. The van der Waals surface area contributed by atoms with Gasteiger partial charge in [-0.3, -0.25) is 9.59 Å². The number of nitrogens with one attached hydrogen (secondary N) is 1. The molecular weight excluding hydrogens is 432 g/mol. The van der Waals surface area contributed by atoms with Crippen molar-refractivity contribution in [1.29, 1.82) is 0 Å². The first-order valence-corrected chi connectivity index (χ1v) is 12.2. The third-order valence-electron chi connectivity index (χ3n) is 7.31. The van der Waals surface area contributed by atoms with E-state index in [0.29, 0.717) is 12.8 Å². The summed E-state index contributed by atoms with van der Waals surface area (Å²) in [5.74, 6) is -1.59. The van der Waals surface area contributed by atoms with Gasteiger partial charge in [-0.15, -0.1) is 0 Å². The Morgan fingerprint density at radius 1 is 0.912 bits per heavy atom. The summed E-state index contributed by atoms with van der Waals surface area (Å²) in [6, 6.07) is 16.0. The maximum atomic E-state index is 13.2. The molecule has 0 saturated heterocycles. The first kappa shape index (κ1) is 22.4. The molecule has 3 aliphatic carbocycles. The van der Waals surface area contributed by atoms with E-state index in [4.69, 9.17) is 4.74 Å². The minimum Gasteiger partial charge on any atom is -0.480 e. The minimum absolute atomic E-state index is 0.0145. The highest BCUT2D eigenvalue weighted by Gasteiger charge is 2.41. The first-order chi connectivity index (χ1) is 16.5. The molecule has 0 aliphatic heterocycles. The van der Waals surface area contributed by atoms with Crippen LogP contribution in [0.4, 0.5) is 4.79 Å². The summed E-state index contributed by atoms with van der Waals surface area (Å²) < 4.78 is 5.69. The van der Waals surface area contributed by atoms with Crippen LogP contribution in [0.1, 0.15) is 55.6 Å². The highest BCUT2D eigenvalue weighted by Crippen LogP contribution is 2.44. The number of alkyl carbamates (subject to hydrolysis) is 1. The summed E-state index contributed by atoms with van der Waals surface area (Å²) in [4.78, 5) is 38.8. The average Bonchev–Trinajstić information content (AvgIpc) is 3.64. The molecule has 178 valence electrons. The van der Waals surface area contributed by atoms with Crippen LogP contribution in [0.15, 0.2) is 48.5 Å². The summed E-state index contributed by atoms with van der Waals surface area (Å²) in [5.41, 5.74) is 4.64. The van der Waals surface area contributed by atoms with Gasteiger partial charge in [-0.05, 0) is 47.9 Å².